The fourth-order valence-corrected chi connectivity index (χ4v) is 5.02. The Morgan fingerprint density at radius 1 is 1.11 bits per heavy atom. The van der Waals surface area contributed by atoms with Gasteiger partial charge in [-0.15, -0.1) is 0 Å². The zero-order valence-electron chi connectivity index (χ0n) is 16.0. The second-order valence-electron chi connectivity index (χ2n) is 8.23. The van der Waals surface area contributed by atoms with Gasteiger partial charge in [0.05, 0.1) is 5.69 Å². The molecule has 2 N–H and O–H groups in total. The summed E-state index contributed by atoms with van der Waals surface area (Å²) in [5, 5.41) is 9.62. The third kappa shape index (κ3) is 2.23. The lowest BCUT2D eigenvalue weighted by molar-refractivity contribution is 0.467. The minimum absolute atomic E-state index is 0.281. The number of fused-ring (bicyclic) bond motifs is 3. The molecular formula is C23H23N5. The standard InChI is InChI=1S/C23H23N5/c1-15-4-2-3-5-17(15)19-13-26-22-18(19)10-16(12-25-22)20-11-21-23(6-8-24-14-23)7-9-28(21)27-20/h2-5,10-13,24H,6-9,14H2,1H3,(H,25,26). The molecule has 0 radical (unpaired) electrons. The summed E-state index contributed by atoms with van der Waals surface area (Å²) < 4.78 is 2.21. The maximum atomic E-state index is 4.93. The summed E-state index contributed by atoms with van der Waals surface area (Å²) in [6, 6.07) is 13.0. The number of benzene rings is 1. The smallest absolute Gasteiger partial charge is 0.137 e. The monoisotopic (exact) mass is 369 g/mol. The molecule has 1 atom stereocenters. The normalized spacial score (nSPS) is 21.0. The number of rotatable bonds is 2. The predicted octanol–water partition coefficient (Wildman–Crippen LogP) is 4.04. The SMILES string of the molecule is Cc1ccccc1-c1c[nH]c2ncc(-c3cc4n(n3)CCC43CCNC3)cc12. The van der Waals surface area contributed by atoms with Crippen LogP contribution in [0.5, 0.6) is 0 Å². The molecule has 6 rings (SSSR count). The number of aromatic nitrogens is 4. The molecule has 2 aliphatic heterocycles. The second-order valence-corrected chi connectivity index (χ2v) is 8.23. The molecule has 4 aromatic rings. The fraction of sp³-hybridized carbons (Fsp3) is 0.304. The molecule has 28 heavy (non-hydrogen) atoms. The van der Waals surface area contributed by atoms with Crippen LogP contribution >= 0.6 is 0 Å². The summed E-state index contributed by atoms with van der Waals surface area (Å²) in [4.78, 5) is 8.01. The average Bonchev–Trinajstić information content (AvgIpc) is 3.48. The van der Waals surface area contributed by atoms with Gasteiger partial charge >= 0.3 is 0 Å². The molecule has 5 heteroatoms. The Bertz CT molecular complexity index is 1190. The number of aryl methyl sites for hydroxylation is 2. The highest BCUT2D eigenvalue weighted by atomic mass is 15.3. The summed E-state index contributed by atoms with van der Waals surface area (Å²) >= 11 is 0. The maximum absolute atomic E-state index is 4.93. The van der Waals surface area contributed by atoms with Crippen LogP contribution in [0.15, 0.2) is 48.8 Å². The van der Waals surface area contributed by atoms with Crippen molar-refractivity contribution >= 4 is 11.0 Å². The van der Waals surface area contributed by atoms with Crippen LogP contribution in [0.1, 0.15) is 24.1 Å². The maximum Gasteiger partial charge on any atom is 0.137 e. The third-order valence-electron chi connectivity index (χ3n) is 6.63. The molecule has 1 saturated heterocycles. The molecule has 1 spiro atoms. The predicted molar refractivity (Wildman–Crippen MR) is 111 cm³/mol. The number of hydrogen-bond donors (Lipinski definition) is 2. The Balaban J connectivity index is 1.47. The molecule has 1 unspecified atom stereocenters. The Morgan fingerprint density at radius 3 is 2.89 bits per heavy atom. The van der Waals surface area contributed by atoms with Gasteiger partial charge in [-0.2, -0.15) is 5.10 Å². The van der Waals surface area contributed by atoms with Gasteiger partial charge in [-0.05, 0) is 49.6 Å². The first kappa shape index (κ1) is 16.1. The lowest BCUT2D eigenvalue weighted by Gasteiger charge is -2.20. The molecule has 5 heterocycles. The van der Waals surface area contributed by atoms with E-state index >= 15 is 0 Å². The van der Waals surface area contributed by atoms with E-state index in [4.69, 9.17) is 5.10 Å². The van der Waals surface area contributed by atoms with Gasteiger partial charge in [-0.1, -0.05) is 24.3 Å². The summed E-state index contributed by atoms with van der Waals surface area (Å²) in [6.07, 6.45) is 6.42. The number of nitrogens with one attached hydrogen (secondary N) is 2. The van der Waals surface area contributed by atoms with E-state index in [1.165, 1.54) is 35.2 Å². The Labute approximate surface area is 163 Å². The van der Waals surface area contributed by atoms with Gasteiger partial charge in [-0.3, -0.25) is 4.68 Å². The van der Waals surface area contributed by atoms with Crippen LogP contribution in [0, 0.1) is 6.92 Å². The van der Waals surface area contributed by atoms with Gasteiger partial charge in [0, 0.05) is 53.1 Å². The Hall–Kier alpha value is -2.92. The van der Waals surface area contributed by atoms with Crippen LogP contribution in [-0.4, -0.2) is 32.8 Å². The van der Waals surface area contributed by atoms with Crippen LogP contribution in [0.25, 0.3) is 33.4 Å². The molecule has 5 nitrogen and oxygen atoms in total. The number of H-pyrrole nitrogens is 1. The van der Waals surface area contributed by atoms with E-state index in [9.17, 15) is 0 Å². The average molecular weight is 369 g/mol. The molecule has 0 aliphatic carbocycles. The summed E-state index contributed by atoms with van der Waals surface area (Å²) in [5.74, 6) is 0. The van der Waals surface area contributed by atoms with Gasteiger partial charge in [0.25, 0.3) is 0 Å². The van der Waals surface area contributed by atoms with Crippen molar-refractivity contribution in [3.8, 4) is 22.4 Å². The van der Waals surface area contributed by atoms with Crippen molar-refractivity contribution in [2.45, 2.75) is 31.7 Å². The summed E-state index contributed by atoms with van der Waals surface area (Å²) in [6.45, 7) is 5.35. The van der Waals surface area contributed by atoms with E-state index in [2.05, 4.69) is 69.5 Å². The van der Waals surface area contributed by atoms with Crippen molar-refractivity contribution in [3.05, 3.63) is 60.0 Å². The zero-order chi connectivity index (χ0) is 18.7. The first-order valence-electron chi connectivity index (χ1n) is 10.1. The minimum Gasteiger partial charge on any atom is -0.346 e. The highest BCUT2D eigenvalue weighted by Gasteiger charge is 2.42. The summed E-state index contributed by atoms with van der Waals surface area (Å²) in [7, 11) is 0. The van der Waals surface area contributed by atoms with Crippen molar-refractivity contribution in [1.82, 2.24) is 25.1 Å². The zero-order valence-corrected chi connectivity index (χ0v) is 16.0. The van der Waals surface area contributed by atoms with E-state index in [0.717, 1.165) is 41.9 Å². The number of pyridine rings is 1. The molecule has 1 fully saturated rings. The molecule has 1 aromatic carbocycles. The summed E-state index contributed by atoms with van der Waals surface area (Å²) in [5.41, 5.74) is 8.43. The molecular weight excluding hydrogens is 346 g/mol. The van der Waals surface area contributed by atoms with E-state index < -0.39 is 0 Å². The lowest BCUT2D eigenvalue weighted by atomic mass is 9.82. The van der Waals surface area contributed by atoms with E-state index in [-0.39, 0.29) is 5.41 Å². The van der Waals surface area contributed by atoms with Gasteiger partial charge < -0.3 is 10.3 Å². The van der Waals surface area contributed by atoms with Crippen LogP contribution < -0.4 is 5.32 Å². The number of nitrogens with zero attached hydrogens (tertiary/aromatic N) is 3. The van der Waals surface area contributed by atoms with Gasteiger partial charge in [0.2, 0.25) is 0 Å². The third-order valence-corrected chi connectivity index (χ3v) is 6.63. The van der Waals surface area contributed by atoms with E-state index in [1.54, 1.807) is 0 Å². The molecule has 2 aliphatic rings. The van der Waals surface area contributed by atoms with E-state index in [1.807, 2.05) is 6.20 Å². The quantitative estimate of drug-likeness (QED) is 0.561. The Kier molecular flexibility index (Phi) is 3.32. The fourth-order valence-electron chi connectivity index (χ4n) is 5.02. The Morgan fingerprint density at radius 2 is 2.04 bits per heavy atom. The van der Waals surface area contributed by atoms with Gasteiger partial charge in [0.1, 0.15) is 5.65 Å². The topological polar surface area (TPSA) is 58.5 Å². The molecule has 0 amide bonds. The first-order valence-corrected chi connectivity index (χ1v) is 10.1. The highest BCUT2D eigenvalue weighted by Crippen LogP contribution is 2.41. The minimum atomic E-state index is 0.281. The molecule has 140 valence electrons. The molecule has 3 aromatic heterocycles. The van der Waals surface area contributed by atoms with E-state index in [0.29, 0.717) is 0 Å². The lowest BCUT2D eigenvalue weighted by Crippen LogP contribution is -2.25. The molecule has 0 bridgehead atoms. The molecule has 0 saturated carbocycles. The van der Waals surface area contributed by atoms with Crippen molar-refractivity contribution in [3.63, 3.8) is 0 Å². The number of aromatic amines is 1. The van der Waals surface area contributed by atoms with Crippen LogP contribution in [0.3, 0.4) is 0 Å². The van der Waals surface area contributed by atoms with Crippen molar-refractivity contribution in [1.29, 1.82) is 0 Å². The van der Waals surface area contributed by atoms with Gasteiger partial charge in [-0.25, -0.2) is 4.98 Å². The van der Waals surface area contributed by atoms with Crippen molar-refractivity contribution in [2.24, 2.45) is 0 Å². The van der Waals surface area contributed by atoms with Crippen LogP contribution in [0.2, 0.25) is 0 Å². The van der Waals surface area contributed by atoms with Crippen LogP contribution in [-0.2, 0) is 12.0 Å². The number of hydrogen-bond acceptors (Lipinski definition) is 3. The second kappa shape index (κ2) is 5.79. The van der Waals surface area contributed by atoms with Crippen LogP contribution in [0.4, 0.5) is 0 Å². The highest BCUT2D eigenvalue weighted by molar-refractivity contribution is 5.96. The van der Waals surface area contributed by atoms with Crippen molar-refractivity contribution in [2.75, 3.05) is 13.1 Å². The van der Waals surface area contributed by atoms with Gasteiger partial charge in [0.15, 0.2) is 0 Å². The largest absolute Gasteiger partial charge is 0.346 e. The van der Waals surface area contributed by atoms with Crippen molar-refractivity contribution < 1.29 is 0 Å². The first-order chi connectivity index (χ1) is 13.7.